The summed E-state index contributed by atoms with van der Waals surface area (Å²) in [5.41, 5.74) is 0. The van der Waals surface area contributed by atoms with Crippen LogP contribution in [0.4, 0.5) is 8.78 Å². The first kappa shape index (κ1) is 19.7. The molecule has 1 aliphatic rings. The Hall–Kier alpha value is -0.630. The summed E-state index contributed by atoms with van der Waals surface area (Å²) in [6.45, 7) is 6.28. The fourth-order valence-electron chi connectivity index (χ4n) is 2.90. The van der Waals surface area contributed by atoms with Gasteiger partial charge in [-0.1, -0.05) is 11.8 Å². The molecule has 0 radical (unpaired) electrons. The van der Waals surface area contributed by atoms with Gasteiger partial charge in [-0.05, 0) is 64.6 Å². The van der Waals surface area contributed by atoms with Crippen LogP contribution < -0.4 is 5.32 Å². The molecule has 0 saturated carbocycles. The Balaban J connectivity index is 1.58. The molecule has 1 aromatic rings. The summed E-state index contributed by atoms with van der Waals surface area (Å²) >= 11 is 0.595. The van der Waals surface area contributed by atoms with Crippen molar-refractivity contribution in [3.05, 3.63) is 23.7 Å². The Kier molecular flexibility index (Phi) is 8.52. The van der Waals surface area contributed by atoms with E-state index in [1.54, 1.807) is 6.07 Å². The lowest BCUT2D eigenvalue weighted by atomic mass is 9.97. The quantitative estimate of drug-likeness (QED) is 0.692. The van der Waals surface area contributed by atoms with Crippen LogP contribution in [0.1, 0.15) is 24.4 Å². The summed E-state index contributed by atoms with van der Waals surface area (Å²) in [6, 6.07) is 3.66. The largest absolute Gasteiger partial charge is 0.464 e. The van der Waals surface area contributed by atoms with Crippen molar-refractivity contribution in [1.29, 1.82) is 0 Å². The van der Waals surface area contributed by atoms with E-state index in [4.69, 9.17) is 4.42 Å². The van der Waals surface area contributed by atoms with Gasteiger partial charge in [0, 0.05) is 13.1 Å². The molecule has 0 bridgehead atoms. The summed E-state index contributed by atoms with van der Waals surface area (Å²) in [4.78, 5) is 4.76. The zero-order chi connectivity index (χ0) is 17.4. The molecule has 0 unspecified atom stereocenters. The summed E-state index contributed by atoms with van der Waals surface area (Å²) in [5.74, 6) is 0.0302. The molecule has 1 N–H and O–H groups in total. The second kappa shape index (κ2) is 10.4. The fourth-order valence-corrected chi connectivity index (χ4v) is 3.34. The van der Waals surface area contributed by atoms with Crippen LogP contribution in [-0.4, -0.2) is 62.4 Å². The normalized spacial score (nSPS) is 17.2. The molecule has 2 rings (SSSR count). The van der Waals surface area contributed by atoms with Crippen molar-refractivity contribution in [2.75, 3.05) is 46.8 Å². The molecular formula is C17H29F2N3OS. The number of likely N-dealkylation sites (N-methyl/N-ethyl adjacent to an activating group) is 1. The van der Waals surface area contributed by atoms with Gasteiger partial charge in [0.05, 0.1) is 12.3 Å². The topological polar surface area (TPSA) is 31.6 Å². The molecule has 138 valence electrons. The number of halogens is 2. The van der Waals surface area contributed by atoms with E-state index >= 15 is 0 Å². The highest BCUT2D eigenvalue weighted by Crippen LogP contribution is 2.21. The average molecular weight is 362 g/mol. The summed E-state index contributed by atoms with van der Waals surface area (Å²) in [6.07, 6.45) is 2.46. The van der Waals surface area contributed by atoms with Gasteiger partial charge in [0.25, 0.3) is 5.76 Å². The van der Waals surface area contributed by atoms with Gasteiger partial charge in [0.1, 0.15) is 11.5 Å². The van der Waals surface area contributed by atoms with Crippen molar-refractivity contribution < 1.29 is 13.2 Å². The lowest BCUT2D eigenvalue weighted by Gasteiger charge is -2.32. The molecular weight excluding hydrogens is 332 g/mol. The number of hydrogen-bond acceptors (Lipinski definition) is 5. The van der Waals surface area contributed by atoms with Gasteiger partial charge in [-0.3, -0.25) is 0 Å². The second-order valence-electron chi connectivity index (χ2n) is 6.66. The van der Waals surface area contributed by atoms with Crippen LogP contribution >= 0.6 is 11.8 Å². The SMILES string of the molecule is CN(C)CCN1CCC(CNCc2ccc(CSC(F)F)o2)CC1. The van der Waals surface area contributed by atoms with Crippen LogP contribution in [0.5, 0.6) is 0 Å². The average Bonchev–Trinajstić information content (AvgIpc) is 3.00. The molecule has 2 heterocycles. The second-order valence-corrected chi connectivity index (χ2v) is 7.64. The lowest BCUT2D eigenvalue weighted by molar-refractivity contribution is 0.168. The molecule has 24 heavy (non-hydrogen) atoms. The van der Waals surface area contributed by atoms with E-state index in [0.717, 1.165) is 25.4 Å². The number of rotatable bonds is 10. The predicted molar refractivity (Wildman–Crippen MR) is 95.4 cm³/mol. The summed E-state index contributed by atoms with van der Waals surface area (Å²) in [5, 5.41) is 3.44. The first-order chi connectivity index (χ1) is 11.5. The third kappa shape index (κ3) is 7.51. The van der Waals surface area contributed by atoms with Gasteiger partial charge in [-0.25, -0.2) is 0 Å². The van der Waals surface area contributed by atoms with E-state index in [1.165, 1.54) is 25.9 Å². The third-order valence-corrected chi connectivity index (χ3v) is 5.07. The Labute approximate surface area is 147 Å². The number of alkyl halides is 2. The van der Waals surface area contributed by atoms with Gasteiger partial charge < -0.3 is 19.5 Å². The molecule has 4 nitrogen and oxygen atoms in total. The highest BCUT2D eigenvalue weighted by molar-refractivity contribution is 7.98. The summed E-state index contributed by atoms with van der Waals surface area (Å²) in [7, 11) is 4.23. The molecule has 0 atom stereocenters. The van der Waals surface area contributed by atoms with Crippen molar-refractivity contribution in [2.24, 2.45) is 5.92 Å². The molecule has 1 saturated heterocycles. The molecule has 0 spiro atoms. The van der Waals surface area contributed by atoms with Crippen molar-refractivity contribution in [3.63, 3.8) is 0 Å². The van der Waals surface area contributed by atoms with Gasteiger partial charge in [0.2, 0.25) is 0 Å². The molecule has 0 aliphatic carbocycles. The van der Waals surface area contributed by atoms with E-state index in [0.29, 0.717) is 30.0 Å². The van der Waals surface area contributed by atoms with Crippen LogP contribution in [0, 0.1) is 5.92 Å². The lowest BCUT2D eigenvalue weighted by Crippen LogP contribution is -2.40. The van der Waals surface area contributed by atoms with E-state index in [1.807, 2.05) is 6.07 Å². The standard InChI is InChI=1S/C17H29F2N3OS/c1-21(2)9-10-22-7-5-14(6-8-22)11-20-12-15-3-4-16(23-15)13-24-17(18)19/h3-4,14,17,20H,5-13H2,1-2H3. The molecule has 1 aromatic heterocycles. The van der Waals surface area contributed by atoms with Gasteiger partial charge >= 0.3 is 0 Å². The maximum Gasteiger partial charge on any atom is 0.284 e. The maximum atomic E-state index is 12.2. The number of hydrogen-bond donors (Lipinski definition) is 1. The van der Waals surface area contributed by atoms with Gasteiger partial charge in [-0.2, -0.15) is 8.78 Å². The minimum Gasteiger partial charge on any atom is -0.464 e. The monoisotopic (exact) mass is 361 g/mol. The van der Waals surface area contributed by atoms with Crippen LogP contribution in [-0.2, 0) is 12.3 Å². The minimum absolute atomic E-state index is 0.225. The van der Waals surface area contributed by atoms with Crippen molar-refractivity contribution in [3.8, 4) is 0 Å². The molecule has 1 aliphatic heterocycles. The van der Waals surface area contributed by atoms with E-state index in [-0.39, 0.29) is 5.75 Å². The Morgan fingerprint density at radius 2 is 2.00 bits per heavy atom. The first-order valence-corrected chi connectivity index (χ1v) is 9.63. The number of likely N-dealkylation sites (tertiary alicyclic amines) is 1. The fraction of sp³-hybridized carbons (Fsp3) is 0.765. The van der Waals surface area contributed by atoms with E-state index in [9.17, 15) is 8.78 Å². The number of piperidine rings is 1. The molecule has 7 heteroatoms. The third-order valence-electron chi connectivity index (χ3n) is 4.37. The number of furan rings is 1. The summed E-state index contributed by atoms with van der Waals surface area (Å²) < 4.78 is 29.9. The number of nitrogens with zero attached hydrogens (tertiary/aromatic N) is 2. The van der Waals surface area contributed by atoms with Crippen molar-refractivity contribution >= 4 is 11.8 Å². The minimum atomic E-state index is -2.35. The van der Waals surface area contributed by atoms with Crippen LogP contribution in [0.2, 0.25) is 0 Å². The van der Waals surface area contributed by atoms with Crippen molar-refractivity contribution in [1.82, 2.24) is 15.1 Å². The Morgan fingerprint density at radius 1 is 1.29 bits per heavy atom. The predicted octanol–water partition coefficient (Wildman–Crippen LogP) is 3.10. The zero-order valence-corrected chi connectivity index (χ0v) is 15.5. The number of thioether (sulfide) groups is 1. The Bertz CT molecular complexity index is 462. The van der Waals surface area contributed by atoms with Crippen molar-refractivity contribution in [2.45, 2.75) is 30.9 Å². The highest BCUT2D eigenvalue weighted by atomic mass is 32.2. The smallest absolute Gasteiger partial charge is 0.284 e. The molecule has 0 aromatic carbocycles. The molecule has 1 fully saturated rings. The van der Waals surface area contributed by atoms with Crippen LogP contribution in [0.3, 0.4) is 0 Å². The van der Waals surface area contributed by atoms with Crippen LogP contribution in [0.15, 0.2) is 16.5 Å². The number of nitrogens with one attached hydrogen (secondary N) is 1. The molecule has 0 amide bonds. The van der Waals surface area contributed by atoms with Gasteiger partial charge in [-0.15, -0.1) is 0 Å². The maximum absolute atomic E-state index is 12.2. The first-order valence-electron chi connectivity index (χ1n) is 8.58. The zero-order valence-electron chi connectivity index (χ0n) is 14.6. The van der Waals surface area contributed by atoms with Crippen LogP contribution in [0.25, 0.3) is 0 Å². The van der Waals surface area contributed by atoms with E-state index < -0.39 is 5.76 Å². The highest BCUT2D eigenvalue weighted by Gasteiger charge is 2.18. The van der Waals surface area contributed by atoms with Gasteiger partial charge in [0.15, 0.2) is 0 Å². The Morgan fingerprint density at radius 3 is 2.67 bits per heavy atom. The van der Waals surface area contributed by atoms with E-state index in [2.05, 4.69) is 29.2 Å².